The van der Waals surface area contributed by atoms with E-state index < -0.39 is 0 Å². The van der Waals surface area contributed by atoms with E-state index in [0.717, 1.165) is 6.54 Å². The van der Waals surface area contributed by atoms with Gasteiger partial charge in [0.25, 0.3) is 0 Å². The van der Waals surface area contributed by atoms with Crippen LogP contribution in [0.2, 0.25) is 0 Å². The van der Waals surface area contributed by atoms with Crippen molar-refractivity contribution in [2.75, 3.05) is 26.7 Å². The molecule has 1 saturated heterocycles. The molecule has 18 heavy (non-hydrogen) atoms. The number of rotatable bonds is 2. The zero-order valence-electron chi connectivity index (χ0n) is 12.9. The molecule has 106 valence electrons. The van der Waals surface area contributed by atoms with Crippen LogP contribution in [0, 0.1) is 5.41 Å². The van der Waals surface area contributed by atoms with Crippen LogP contribution in [-0.2, 0) is 0 Å². The Labute approximate surface area is 113 Å². The van der Waals surface area contributed by atoms with Gasteiger partial charge in [0.15, 0.2) is 0 Å². The predicted molar refractivity (Wildman–Crippen MR) is 77.7 cm³/mol. The van der Waals surface area contributed by atoms with Gasteiger partial charge < -0.3 is 5.73 Å². The molecule has 3 atom stereocenters. The first-order chi connectivity index (χ1) is 8.34. The normalized spacial score (nSPS) is 42.3. The van der Waals surface area contributed by atoms with Crippen molar-refractivity contribution >= 4 is 0 Å². The largest absolute Gasteiger partial charge is 0.329 e. The van der Waals surface area contributed by atoms with E-state index in [1.54, 1.807) is 0 Å². The number of hydrogen-bond acceptors (Lipinski definition) is 3. The van der Waals surface area contributed by atoms with Crippen LogP contribution in [0.3, 0.4) is 0 Å². The number of nitrogens with zero attached hydrogens (tertiary/aromatic N) is 2. The van der Waals surface area contributed by atoms with E-state index in [-0.39, 0.29) is 5.54 Å². The molecule has 2 fully saturated rings. The van der Waals surface area contributed by atoms with Gasteiger partial charge in [-0.3, -0.25) is 9.80 Å². The second-order valence-corrected chi connectivity index (χ2v) is 7.24. The second kappa shape index (κ2) is 4.77. The van der Waals surface area contributed by atoms with Gasteiger partial charge in [-0.25, -0.2) is 0 Å². The van der Waals surface area contributed by atoms with Gasteiger partial charge in [0.1, 0.15) is 0 Å². The van der Waals surface area contributed by atoms with Gasteiger partial charge in [0.2, 0.25) is 0 Å². The minimum Gasteiger partial charge on any atom is -0.329 e. The second-order valence-electron chi connectivity index (χ2n) is 7.24. The Balaban J connectivity index is 2.24. The monoisotopic (exact) mass is 253 g/mol. The maximum atomic E-state index is 6.25. The van der Waals surface area contributed by atoms with Gasteiger partial charge >= 0.3 is 0 Å². The molecule has 3 nitrogen and oxygen atoms in total. The molecule has 0 amide bonds. The fourth-order valence-electron chi connectivity index (χ4n) is 4.24. The molecular formula is C15H31N3. The first-order valence-electron chi connectivity index (χ1n) is 7.51. The Bertz CT molecular complexity index is 290. The van der Waals surface area contributed by atoms with Crippen LogP contribution in [0.4, 0.5) is 0 Å². The van der Waals surface area contributed by atoms with Gasteiger partial charge in [-0.2, -0.15) is 0 Å². The van der Waals surface area contributed by atoms with E-state index in [1.807, 2.05) is 0 Å². The molecule has 0 aromatic carbocycles. The highest BCUT2D eigenvalue weighted by Crippen LogP contribution is 2.49. The molecule has 1 heterocycles. The third-order valence-corrected chi connectivity index (χ3v) is 5.95. The lowest BCUT2D eigenvalue weighted by molar-refractivity contribution is -0.0509. The molecule has 0 aromatic heterocycles. The zero-order valence-corrected chi connectivity index (χ0v) is 12.9. The van der Waals surface area contributed by atoms with E-state index in [0.29, 0.717) is 17.5 Å². The Kier molecular flexibility index (Phi) is 3.79. The highest BCUT2D eigenvalue weighted by atomic mass is 15.3. The summed E-state index contributed by atoms with van der Waals surface area (Å²) >= 11 is 0. The van der Waals surface area contributed by atoms with Crippen molar-refractivity contribution in [3.05, 3.63) is 0 Å². The SMILES string of the molecule is CC1CN(C2(CN)CCCC2(C)C)CC(C)N1C. The molecule has 1 aliphatic heterocycles. The van der Waals surface area contributed by atoms with Gasteiger partial charge in [-0.05, 0) is 39.2 Å². The van der Waals surface area contributed by atoms with Crippen molar-refractivity contribution < 1.29 is 0 Å². The maximum absolute atomic E-state index is 6.25. The van der Waals surface area contributed by atoms with Crippen molar-refractivity contribution in [3.63, 3.8) is 0 Å². The molecule has 3 unspecified atom stereocenters. The Morgan fingerprint density at radius 3 is 2.06 bits per heavy atom. The van der Waals surface area contributed by atoms with Gasteiger partial charge in [0, 0.05) is 37.3 Å². The average molecular weight is 253 g/mol. The van der Waals surface area contributed by atoms with Crippen molar-refractivity contribution in [1.82, 2.24) is 9.80 Å². The molecule has 3 heteroatoms. The number of nitrogens with two attached hydrogens (primary N) is 1. The van der Waals surface area contributed by atoms with Crippen molar-refractivity contribution in [1.29, 1.82) is 0 Å². The van der Waals surface area contributed by atoms with Crippen LogP contribution in [0.1, 0.15) is 47.0 Å². The molecule has 2 rings (SSSR count). The minimum atomic E-state index is 0.233. The van der Waals surface area contributed by atoms with E-state index in [4.69, 9.17) is 5.73 Å². The van der Waals surface area contributed by atoms with Crippen LogP contribution in [0.5, 0.6) is 0 Å². The summed E-state index contributed by atoms with van der Waals surface area (Å²) in [6.07, 6.45) is 3.93. The highest BCUT2D eigenvalue weighted by Gasteiger charge is 2.52. The molecule has 1 saturated carbocycles. The van der Waals surface area contributed by atoms with Crippen LogP contribution >= 0.6 is 0 Å². The lowest BCUT2D eigenvalue weighted by Crippen LogP contribution is -2.67. The molecule has 0 aromatic rings. The predicted octanol–water partition coefficient (Wildman–Crippen LogP) is 1.92. The summed E-state index contributed by atoms with van der Waals surface area (Å²) < 4.78 is 0. The smallest absolute Gasteiger partial charge is 0.0383 e. The molecular weight excluding hydrogens is 222 g/mol. The van der Waals surface area contributed by atoms with Crippen LogP contribution < -0.4 is 5.73 Å². The lowest BCUT2D eigenvalue weighted by Gasteiger charge is -2.55. The van der Waals surface area contributed by atoms with Crippen molar-refractivity contribution in [2.24, 2.45) is 11.1 Å². The molecule has 2 N–H and O–H groups in total. The standard InChI is InChI=1S/C15H31N3/c1-12-9-18(10-13(2)17(12)5)15(11-16)8-6-7-14(15,3)4/h12-13H,6-11,16H2,1-5H3. The summed E-state index contributed by atoms with van der Waals surface area (Å²) in [4.78, 5) is 5.22. The molecule has 0 spiro atoms. The third-order valence-electron chi connectivity index (χ3n) is 5.95. The highest BCUT2D eigenvalue weighted by molar-refractivity contribution is 5.09. The van der Waals surface area contributed by atoms with E-state index in [1.165, 1.54) is 32.4 Å². The number of likely N-dealkylation sites (N-methyl/N-ethyl adjacent to an activating group) is 1. The van der Waals surface area contributed by atoms with E-state index in [9.17, 15) is 0 Å². The van der Waals surface area contributed by atoms with Crippen molar-refractivity contribution in [3.8, 4) is 0 Å². The summed E-state index contributed by atoms with van der Waals surface area (Å²) in [7, 11) is 2.25. The fourth-order valence-corrected chi connectivity index (χ4v) is 4.24. The Hall–Kier alpha value is -0.120. The molecule has 2 aliphatic rings. The summed E-state index contributed by atoms with van der Waals surface area (Å²) in [6, 6.07) is 1.27. The summed E-state index contributed by atoms with van der Waals surface area (Å²) in [5, 5.41) is 0. The van der Waals surface area contributed by atoms with Crippen LogP contribution in [0.25, 0.3) is 0 Å². The van der Waals surface area contributed by atoms with Gasteiger partial charge in [-0.15, -0.1) is 0 Å². The van der Waals surface area contributed by atoms with Crippen LogP contribution in [0.15, 0.2) is 0 Å². The van der Waals surface area contributed by atoms with E-state index >= 15 is 0 Å². The Morgan fingerprint density at radius 1 is 1.11 bits per heavy atom. The van der Waals surface area contributed by atoms with Crippen LogP contribution in [-0.4, -0.2) is 54.1 Å². The first kappa shape index (κ1) is 14.3. The average Bonchev–Trinajstić information content (AvgIpc) is 2.61. The fraction of sp³-hybridized carbons (Fsp3) is 1.00. The maximum Gasteiger partial charge on any atom is 0.0383 e. The molecule has 0 bridgehead atoms. The number of hydrogen-bond donors (Lipinski definition) is 1. The lowest BCUT2D eigenvalue weighted by atomic mass is 9.73. The molecule has 1 aliphatic carbocycles. The molecule has 0 radical (unpaired) electrons. The Morgan fingerprint density at radius 2 is 1.67 bits per heavy atom. The quantitative estimate of drug-likeness (QED) is 0.816. The number of piperazine rings is 1. The minimum absolute atomic E-state index is 0.233. The van der Waals surface area contributed by atoms with Crippen molar-refractivity contribution in [2.45, 2.75) is 64.6 Å². The topological polar surface area (TPSA) is 32.5 Å². The van der Waals surface area contributed by atoms with Gasteiger partial charge in [-0.1, -0.05) is 20.3 Å². The summed E-state index contributed by atoms with van der Waals surface area (Å²) in [5.41, 5.74) is 6.84. The van der Waals surface area contributed by atoms with Gasteiger partial charge in [0.05, 0.1) is 0 Å². The van der Waals surface area contributed by atoms with E-state index in [2.05, 4.69) is 44.5 Å². The summed E-state index contributed by atoms with van der Waals surface area (Å²) in [5.74, 6) is 0. The zero-order chi connectivity index (χ0) is 13.6. The first-order valence-corrected chi connectivity index (χ1v) is 7.51. The third kappa shape index (κ3) is 2.00. The summed E-state index contributed by atoms with van der Waals surface area (Å²) in [6.45, 7) is 12.7.